The Hall–Kier alpha value is -1.03. The standard InChI is InChI=1S/C13H21N3S/c1-11-6-7-12(17-11)10-15-13(14)16-8-4-2-3-5-9-16/h6-7H,2-5,8-10H2,1H3,(H2,14,15). The first kappa shape index (κ1) is 12.4. The average molecular weight is 251 g/mol. The molecule has 1 aromatic rings. The number of hydrogen-bond acceptors (Lipinski definition) is 2. The summed E-state index contributed by atoms with van der Waals surface area (Å²) in [6, 6.07) is 4.27. The van der Waals surface area contributed by atoms with Crippen LogP contribution in [-0.2, 0) is 6.54 Å². The van der Waals surface area contributed by atoms with E-state index in [-0.39, 0.29) is 0 Å². The van der Waals surface area contributed by atoms with Gasteiger partial charge in [-0.15, -0.1) is 11.3 Å². The van der Waals surface area contributed by atoms with E-state index in [1.165, 1.54) is 35.4 Å². The van der Waals surface area contributed by atoms with Crippen LogP contribution in [0.1, 0.15) is 35.4 Å². The molecule has 94 valence electrons. The first-order chi connectivity index (χ1) is 8.25. The minimum Gasteiger partial charge on any atom is -0.370 e. The van der Waals surface area contributed by atoms with E-state index in [1.54, 1.807) is 11.3 Å². The number of rotatable bonds is 2. The topological polar surface area (TPSA) is 41.6 Å². The third kappa shape index (κ3) is 3.73. The van der Waals surface area contributed by atoms with Gasteiger partial charge in [-0.3, -0.25) is 0 Å². The molecule has 0 radical (unpaired) electrons. The molecular weight excluding hydrogens is 230 g/mol. The Labute approximate surface area is 107 Å². The van der Waals surface area contributed by atoms with Gasteiger partial charge in [-0.1, -0.05) is 12.8 Å². The van der Waals surface area contributed by atoms with E-state index in [2.05, 4.69) is 28.9 Å². The molecule has 0 aromatic carbocycles. The first-order valence-corrected chi connectivity index (χ1v) is 7.17. The van der Waals surface area contributed by atoms with Crippen molar-refractivity contribution in [3.8, 4) is 0 Å². The number of aryl methyl sites for hydroxylation is 1. The van der Waals surface area contributed by atoms with Gasteiger partial charge in [0.2, 0.25) is 0 Å². The Kier molecular flexibility index (Phi) is 4.42. The monoisotopic (exact) mass is 251 g/mol. The van der Waals surface area contributed by atoms with E-state index >= 15 is 0 Å². The van der Waals surface area contributed by atoms with Gasteiger partial charge >= 0.3 is 0 Å². The van der Waals surface area contributed by atoms with Gasteiger partial charge in [-0.2, -0.15) is 0 Å². The Morgan fingerprint density at radius 2 is 2.00 bits per heavy atom. The van der Waals surface area contributed by atoms with E-state index < -0.39 is 0 Å². The number of nitrogens with zero attached hydrogens (tertiary/aromatic N) is 2. The van der Waals surface area contributed by atoms with Crippen LogP contribution >= 0.6 is 11.3 Å². The molecule has 0 saturated carbocycles. The zero-order valence-electron chi connectivity index (χ0n) is 10.5. The van der Waals surface area contributed by atoms with E-state index in [4.69, 9.17) is 5.73 Å². The highest BCUT2D eigenvalue weighted by atomic mass is 32.1. The van der Waals surface area contributed by atoms with Gasteiger partial charge in [0.15, 0.2) is 5.96 Å². The maximum Gasteiger partial charge on any atom is 0.191 e. The Balaban J connectivity index is 1.91. The number of guanidine groups is 1. The highest BCUT2D eigenvalue weighted by Crippen LogP contribution is 2.16. The molecule has 1 aliphatic heterocycles. The highest BCUT2D eigenvalue weighted by Gasteiger charge is 2.10. The lowest BCUT2D eigenvalue weighted by Gasteiger charge is -2.20. The molecule has 0 amide bonds. The fraction of sp³-hybridized carbons (Fsp3) is 0.615. The van der Waals surface area contributed by atoms with Crippen LogP contribution < -0.4 is 5.73 Å². The van der Waals surface area contributed by atoms with E-state index in [9.17, 15) is 0 Å². The van der Waals surface area contributed by atoms with Gasteiger partial charge in [0, 0.05) is 22.8 Å². The molecule has 0 atom stereocenters. The van der Waals surface area contributed by atoms with E-state index in [0.29, 0.717) is 0 Å². The predicted octanol–water partition coefficient (Wildman–Crippen LogP) is 2.75. The van der Waals surface area contributed by atoms with Crippen molar-refractivity contribution in [1.82, 2.24) is 4.90 Å². The largest absolute Gasteiger partial charge is 0.370 e. The summed E-state index contributed by atoms with van der Waals surface area (Å²) >= 11 is 1.80. The molecule has 0 spiro atoms. The predicted molar refractivity (Wildman–Crippen MR) is 74.4 cm³/mol. The maximum atomic E-state index is 6.05. The smallest absolute Gasteiger partial charge is 0.191 e. The average Bonchev–Trinajstić information content (AvgIpc) is 2.58. The second-order valence-electron chi connectivity index (χ2n) is 4.59. The Morgan fingerprint density at radius 1 is 1.29 bits per heavy atom. The molecule has 2 N–H and O–H groups in total. The van der Waals surface area contributed by atoms with E-state index in [1.807, 2.05) is 0 Å². The lowest BCUT2D eigenvalue weighted by atomic mass is 10.2. The first-order valence-electron chi connectivity index (χ1n) is 6.36. The van der Waals surface area contributed by atoms with Crippen LogP contribution in [0.25, 0.3) is 0 Å². The Bertz CT molecular complexity index is 376. The number of hydrogen-bond donors (Lipinski definition) is 1. The lowest BCUT2D eigenvalue weighted by Crippen LogP contribution is -2.38. The number of thiophene rings is 1. The fourth-order valence-electron chi connectivity index (χ4n) is 2.13. The molecule has 1 fully saturated rings. The van der Waals surface area contributed by atoms with Crippen molar-refractivity contribution in [3.05, 3.63) is 21.9 Å². The van der Waals surface area contributed by atoms with Gasteiger partial charge in [0.05, 0.1) is 6.54 Å². The summed E-state index contributed by atoms with van der Waals surface area (Å²) in [7, 11) is 0. The van der Waals surface area contributed by atoms with Crippen molar-refractivity contribution in [1.29, 1.82) is 0 Å². The quantitative estimate of drug-likeness (QED) is 0.648. The van der Waals surface area contributed by atoms with Crippen molar-refractivity contribution in [2.75, 3.05) is 13.1 Å². The van der Waals surface area contributed by atoms with Crippen molar-refractivity contribution >= 4 is 17.3 Å². The number of likely N-dealkylation sites (tertiary alicyclic amines) is 1. The minimum absolute atomic E-state index is 0.720. The molecule has 1 saturated heterocycles. The Morgan fingerprint density at radius 3 is 2.59 bits per heavy atom. The minimum atomic E-state index is 0.720. The van der Waals surface area contributed by atoms with Gasteiger partial charge in [-0.25, -0.2) is 4.99 Å². The van der Waals surface area contributed by atoms with E-state index in [0.717, 1.165) is 25.6 Å². The molecule has 0 unspecified atom stereocenters. The fourth-order valence-corrected chi connectivity index (χ4v) is 2.94. The van der Waals surface area contributed by atoms with Crippen LogP contribution in [0.15, 0.2) is 17.1 Å². The molecule has 4 heteroatoms. The van der Waals surface area contributed by atoms with Crippen LogP contribution in [0, 0.1) is 6.92 Å². The summed E-state index contributed by atoms with van der Waals surface area (Å²) in [4.78, 5) is 9.36. The van der Waals surface area contributed by atoms with Crippen LogP contribution in [0.2, 0.25) is 0 Å². The zero-order chi connectivity index (χ0) is 12.1. The molecule has 0 aliphatic carbocycles. The molecule has 0 bridgehead atoms. The summed E-state index contributed by atoms with van der Waals surface area (Å²) in [6.45, 7) is 4.98. The van der Waals surface area contributed by atoms with Crippen LogP contribution in [-0.4, -0.2) is 23.9 Å². The summed E-state index contributed by atoms with van der Waals surface area (Å²) in [5, 5.41) is 0. The molecule has 3 nitrogen and oxygen atoms in total. The number of aliphatic imine (C=N–C) groups is 1. The SMILES string of the molecule is Cc1ccc(CN=C(N)N2CCCCCC2)s1. The van der Waals surface area contributed by atoms with Gasteiger partial charge in [-0.05, 0) is 31.9 Å². The molecule has 2 rings (SSSR count). The van der Waals surface area contributed by atoms with Crippen molar-refractivity contribution < 1.29 is 0 Å². The molecular formula is C13H21N3S. The second-order valence-corrected chi connectivity index (χ2v) is 5.96. The summed E-state index contributed by atoms with van der Waals surface area (Å²) in [6.07, 6.45) is 5.14. The van der Waals surface area contributed by atoms with Crippen LogP contribution in [0.3, 0.4) is 0 Å². The third-order valence-corrected chi connectivity index (χ3v) is 4.11. The summed E-state index contributed by atoms with van der Waals surface area (Å²) < 4.78 is 0. The third-order valence-electron chi connectivity index (χ3n) is 3.12. The highest BCUT2D eigenvalue weighted by molar-refractivity contribution is 7.11. The number of nitrogens with two attached hydrogens (primary N) is 1. The van der Waals surface area contributed by atoms with Gasteiger partial charge < -0.3 is 10.6 Å². The van der Waals surface area contributed by atoms with Gasteiger partial charge in [0.25, 0.3) is 0 Å². The molecule has 2 heterocycles. The van der Waals surface area contributed by atoms with Gasteiger partial charge in [0.1, 0.15) is 0 Å². The molecule has 1 aromatic heterocycles. The van der Waals surface area contributed by atoms with Crippen LogP contribution in [0.4, 0.5) is 0 Å². The normalized spacial score (nSPS) is 18.2. The lowest BCUT2D eigenvalue weighted by molar-refractivity contribution is 0.428. The second kappa shape index (κ2) is 6.05. The summed E-state index contributed by atoms with van der Waals surface area (Å²) in [5.74, 6) is 0.720. The van der Waals surface area contributed by atoms with Crippen molar-refractivity contribution in [2.24, 2.45) is 10.7 Å². The van der Waals surface area contributed by atoms with Crippen molar-refractivity contribution in [2.45, 2.75) is 39.2 Å². The summed E-state index contributed by atoms with van der Waals surface area (Å²) in [5.41, 5.74) is 6.05. The van der Waals surface area contributed by atoms with Crippen LogP contribution in [0.5, 0.6) is 0 Å². The molecule has 1 aliphatic rings. The molecule has 17 heavy (non-hydrogen) atoms. The maximum absolute atomic E-state index is 6.05. The zero-order valence-corrected chi connectivity index (χ0v) is 11.3. The van der Waals surface area contributed by atoms with Crippen molar-refractivity contribution in [3.63, 3.8) is 0 Å².